The van der Waals surface area contributed by atoms with E-state index >= 15 is 0 Å². The van der Waals surface area contributed by atoms with Gasteiger partial charge in [0, 0.05) is 12.2 Å². The molecule has 0 aliphatic heterocycles. The number of benzene rings is 2. The minimum absolute atomic E-state index is 0.0194. The summed E-state index contributed by atoms with van der Waals surface area (Å²) in [5.41, 5.74) is 1.98. The second-order valence-electron chi connectivity index (χ2n) is 7.25. The van der Waals surface area contributed by atoms with Gasteiger partial charge >= 0.3 is 6.18 Å². The van der Waals surface area contributed by atoms with Crippen LogP contribution in [0.5, 0.6) is 0 Å². The lowest BCUT2D eigenvalue weighted by Crippen LogP contribution is -2.29. The number of alkyl halides is 3. The largest absolute Gasteiger partial charge is 0.416 e. The minimum Gasteiger partial charge on any atom is -0.302 e. The zero-order valence-corrected chi connectivity index (χ0v) is 16.1. The second kappa shape index (κ2) is 8.19. The van der Waals surface area contributed by atoms with Crippen LogP contribution in [0.1, 0.15) is 49.7 Å². The third-order valence-electron chi connectivity index (χ3n) is 4.78. The van der Waals surface area contributed by atoms with Gasteiger partial charge in [0.15, 0.2) is 0 Å². The van der Waals surface area contributed by atoms with Gasteiger partial charge in [0.05, 0.1) is 23.0 Å². The molecule has 1 heterocycles. The van der Waals surface area contributed by atoms with Gasteiger partial charge in [-0.15, -0.1) is 0 Å². The summed E-state index contributed by atoms with van der Waals surface area (Å²) < 4.78 is 39.9. The van der Waals surface area contributed by atoms with Crippen molar-refractivity contribution in [3.63, 3.8) is 0 Å². The molecule has 3 rings (SSSR count). The molecule has 2 aromatic carbocycles. The van der Waals surface area contributed by atoms with E-state index in [4.69, 9.17) is 0 Å². The molecule has 0 fully saturated rings. The average molecular weight is 387 g/mol. The number of nitrogens with zero attached hydrogens (tertiary/aromatic N) is 2. The molecule has 0 radical (unpaired) electrons. The Morgan fingerprint density at radius 1 is 0.893 bits per heavy atom. The Kier molecular flexibility index (Phi) is 5.89. The maximum Gasteiger partial charge on any atom is 0.416 e. The number of aromatic nitrogens is 2. The summed E-state index contributed by atoms with van der Waals surface area (Å²) >= 11 is 0. The van der Waals surface area contributed by atoms with Gasteiger partial charge < -0.3 is 5.32 Å². The van der Waals surface area contributed by atoms with E-state index in [0.29, 0.717) is 11.6 Å². The van der Waals surface area contributed by atoms with E-state index in [1.165, 1.54) is 17.7 Å². The van der Waals surface area contributed by atoms with Crippen molar-refractivity contribution in [1.29, 1.82) is 0 Å². The zero-order chi connectivity index (χ0) is 20.3. The number of halogens is 3. The van der Waals surface area contributed by atoms with Gasteiger partial charge in [-0.05, 0) is 48.7 Å². The monoisotopic (exact) mass is 387 g/mol. The van der Waals surface area contributed by atoms with Crippen molar-refractivity contribution in [2.24, 2.45) is 5.92 Å². The van der Waals surface area contributed by atoms with E-state index in [2.05, 4.69) is 43.3 Å². The lowest BCUT2D eigenvalue weighted by atomic mass is 9.98. The molecule has 0 aliphatic rings. The van der Waals surface area contributed by atoms with Gasteiger partial charge in [-0.25, -0.2) is 4.68 Å². The first kappa shape index (κ1) is 20.1. The first-order valence-corrected chi connectivity index (χ1v) is 9.30. The van der Waals surface area contributed by atoms with Gasteiger partial charge in [-0.2, -0.15) is 18.3 Å². The summed E-state index contributed by atoms with van der Waals surface area (Å²) in [7, 11) is 0. The predicted octanol–water partition coefficient (Wildman–Crippen LogP) is 5.94. The molecule has 28 heavy (non-hydrogen) atoms. The molecule has 6 heteroatoms. The van der Waals surface area contributed by atoms with Crippen molar-refractivity contribution < 1.29 is 13.2 Å². The van der Waals surface area contributed by atoms with E-state index in [1.807, 2.05) is 24.3 Å². The molecule has 0 aliphatic carbocycles. The first-order chi connectivity index (χ1) is 13.3. The topological polar surface area (TPSA) is 29.9 Å². The first-order valence-electron chi connectivity index (χ1n) is 9.30. The molecule has 0 bridgehead atoms. The fraction of sp³-hybridized carbons (Fsp3) is 0.318. The summed E-state index contributed by atoms with van der Waals surface area (Å²) in [5, 5.41) is 8.23. The van der Waals surface area contributed by atoms with Crippen LogP contribution in [0.15, 0.2) is 66.9 Å². The van der Waals surface area contributed by atoms with Crippen molar-refractivity contribution in [3.8, 4) is 5.69 Å². The van der Waals surface area contributed by atoms with Crippen LogP contribution in [0.4, 0.5) is 13.2 Å². The molecule has 1 aromatic heterocycles. The second-order valence-corrected chi connectivity index (χ2v) is 7.25. The summed E-state index contributed by atoms with van der Waals surface area (Å²) in [6, 6.07) is 17.3. The highest BCUT2D eigenvalue weighted by Gasteiger charge is 2.30. The molecule has 2 atom stereocenters. The van der Waals surface area contributed by atoms with Gasteiger partial charge in [0.25, 0.3) is 0 Å². The fourth-order valence-corrected chi connectivity index (χ4v) is 3.18. The van der Waals surface area contributed by atoms with Gasteiger partial charge in [-0.1, -0.05) is 44.2 Å². The fourth-order valence-electron chi connectivity index (χ4n) is 3.18. The normalized spacial score (nSPS) is 14.2. The van der Waals surface area contributed by atoms with Gasteiger partial charge in [0.2, 0.25) is 0 Å². The van der Waals surface area contributed by atoms with E-state index in [9.17, 15) is 13.2 Å². The van der Waals surface area contributed by atoms with Crippen LogP contribution in [-0.4, -0.2) is 9.78 Å². The van der Waals surface area contributed by atoms with Crippen molar-refractivity contribution in [2.75, 3.05) is 0 Å². The standard InChI is InChI=1S/C22H24F3N3/c1-15(2)21(26-16(3)17-7-5-4-6-8-17)20-13-14-28(27-20)19-11-9-18(10-12-19)22(23,24)25/h4-16,21,26H,1-3H3/t16-,21-/m1/s1. The molecule has 0 saturated carbocycles. The molecule has 1 N–H and O–H groups in total. The summed E-state index contributed by atoms with van der Waals surface area (Å²) in [6.07, 6.45) is -2.56. The number of hydrogen-bond donors (Lipinski definition) is 1. The molecular formula is C22H24F3N3. The third-order valence-corrected chi connectivity index (χ3v) is 4.78. The molecule has 148 valence electrons. The van der Waals surface area contributed by atoms with Crippen molar-refractivity contribution in [2.45, 2.75) is 39.0 Å². The molecule has 0 saturated heterocycles. The van der Waals surface area contributed by atoms with E-state index in [0.717, 1.165) is 17.8 Å². The van der Waals surface area contributed by atoms with E-state index < -0.39 is 11.7 Å². The third kappa shape index (κ3) is 4.62. The van der Waals surface area contributed by atoms with Crippen LogP contribution >= 0.6 is 0 Å². The highest BCUT2D eigenvalue weighted by molar-refractivity contribution is 5.35. The summed E-state index contributed by atoms with van der Waals surface area (Å²) in [4.78, 5) is 0. The van der Waals surface area contributed by atoms with E-state index in [-0.39, 0.29) is 12.1 Å². The number of rotatable bonds is 6. The molecule has 3 nitrogen and oxygen atoms in total. The number of hydrogen-bond acceptors (Lipinski definition) is 2. The highest BCUT2D eigenvalue weighted by Crippen LogP contribution is 2.30. The molecule has 3 aromatic rings. The molecule has 0 unspecified atom stereocenters. The Morgan fingerprint density at radius 2 is 1.54 bits per heavy atom. The predicted molar refractivity (Wildman–Crippen MR) is 104 cm³/mol. The van der Waals surface area contributed by atoms with Crippen LogP contribution in [0.2, 0.25) is 0 Å². The van der Waals surface area contributed by atoms with Crippen LogP contribution in [0.3, 0.4) is 0 Å². The summed E-state index contributed by atoms with van der Waals surface area (Å²) in [5.74, 6) is 0.294. The van der Waals surface area contributed by atoms with Gasteiger partial charge in [0.1, 0.15) is 0 Å². The zero-order valence-electron chi connectivity index (χ0n) is 16.1. The highest BCUT2D eigenvalue weighted by atomic mass is 19.4. The lowest BCUT2D eigenvalue weighted by molar-refractivity contribution is -0.137. The smallest absolute Gasteiger partial charge is 0.302 e. The Balaban J connectivity index is 1.80. The van der Waals surface area contributed by atoms with Crippen LogP contribution in [-0.2, 0) is 6.18 Å². The van der Waals surface area contributed by atoms with Crippen molar-refractivity contribution in [1.82, 2.24) is 15.1 Å². The lowest BCUT2D eigenvalue weighted by Gasteiger charge is -2.25. The Labute approximate surface area is 163 Å². The van der Waals surface area contributed by atoms with Crippen LogP contribution < -0.4 is 5.32 Å². The minimum atomic E-state index is -4.34. The maximum absolute atomic E-state index is 12.8. The number of nitrogens with one attached hydrogen (secondary N) is 1. The van der Waals surface area contributed by atoms with E-state index in [1.54, 1.807) is 10.9 Å². The van der Waals surface area contributed by atoms with Gasteiger partial charge in [-0.3, -0.25) is 0 Å². The maximum atomic E-state index is 12.8. The van der Waals surface area contributed by atoms with Crippen molar-refractivity contribution in [3.05, 3.63) is 83.7 Å². The van der Waals surface area contributed by atoms with Crippen LogP contribution in [0.25, 0.3) is 5.69 Å². The average Bonchev–Trinajstić information content (AvgIpc) is 3.15. The van der Waals surface area contributed by atoms with Crippen molar-refractivity contribution >= 4 is 0 Å². The van der Waals surface area contributed by atoms with Crippen LogP contribution in [0, 0.1) is 5.92 Å². The summed E-state index contributed by atoms with van der Waals surface area (Å²) in [6.45, 7) is 6.34. The molecule has 0 amide bonds. The Morgan fingerprint density at radius 3 is 2.11 bits per heavy atom. The SMILES string of the molecule is CC(C)[C@@H](N[C@H](C)c1ccccc1)c1ccn(-c2ccc(C(F)(F)F)cc2)n1. The molecular weight excluding hydrogens is 363 g/mol. The Hall–Kier alpha value is -2.60. The quantitative estimate of drug-likeness (QED) is 0.567. The Bertz CT molecular complexity index is 883. The molecule has 0 spiro atoms.